The molecule has 0 fully saturated rings. The number of nitrogens with one attached hydrogen (secondary N) is 1. The summed E-state index contributed by atoms with van der Waals surface area (Å²) in [7, 11) is 5.09. The van der Waals surface area contributed by atoms with E-state index in [0.717, 1.165) is 11.3 Å². The Morgan fingerprint density at radius 2 is 2.10 bits per heavy atom. The van der Waals surface area contributed by atoms with Gasteiger partial charge in [-0.15, -0.1) is 6.42 Å². The summed E-state index contributed by atoms with van der Waals surface area (Å²) in [5.74, 6) is 9.77. The minimum atomic E-state index is -0.0778. The predicted octanol–water partition coefficient (Wildman–Crippen LogP) is 3.41. The summed E-state index contributed by atoms with van der Waals surface area (Å²) in [5, 5.41) is 2.60. The van der Waals surface area contributed by atoms with E-state index in [0.29, 0.717) is 42.2 Å². The molecule has 162 valence electrons. The second kappa shape index (κ2) is 14.7. The minimum absolute atomic E-state index is 0.0778. The van der Waals surface area contributed by atoms with Crippen LogP contribution in [0.4, 0.5) is 0 Å². The van der Waals surface area contributed by atoms with Crippen LogP contribution in [0.3, 0.4) is 0 Å². The number of hydrogen-bond acceptors (Lipinski definition) is 5. The van der Waals surface area contributed by atoms with Crippen molar-refractivity contribution in [3.8, 4) is 24.2 Å². The molecule has 1 rings (SSSR count). The molecule has 0 saturated heterocycles. The molecule has 1 atom stereocenters. The fraction of sp³-hybridized carbons (Fsp3) is 0.417. The fourth-order valence-electron chi connectivity index (χ4n) is 2.40. The molecule has 1 aliphatic rings. The molecule has 0 aliphatic heterocycles. The van der Waals surface area contributed by atoms with Crippen LogP contribution in [-0.4, -0.2) is 50.9 Å². The van der Waals surface area contributed by atoms with E-state index >= 15 is 0 Å². The highest BCUT2D eigenvalue weighted by Crippen LogP contribution is 2.20. The van der Waals surface area contributed by atoms with Crippen molar-refractivity contribution >= 4 is 12.1 Å². The van der Waals surface area contributed by atoms with Crippen LogP contribution in [0.1, 0.15) is 34.1 Å². The number of ether oxygens (including phenoxy) is 2. The lowest BCUT2D eigenvalue weighted by Gasteiger charge is -2.20. The first-order chi connectivity index (χ1) is 14.4. The zero-order valence-corrected chi connectivity index (χ0v) is 19.1. The molecule has 0 aromatic heterocycles. The maximum Gasteiger partial charge on any atom is 0.212 e. The van der Waals surface area contributed by atoms with Gasteiger partial charge in [0.05, 0.1) is 31.2 Å². The second-order valence-electron chi connectivity index (χ2n) is 6.10. The maximum absolute atomic E-state index is 11.0. The van der Waals surface area contributed by atoms with E-state index in [1.54, 1.807) is 26.0 Å². The number of rotatable bonds is 8. The first kappa shape index (κ1) is 26.8. The van der Waals surface area contributed by atoms with Crippen LogP contribution in [-0.2, 0) is 14.3 Å². The number of terminal acetylenes is 1. The molecule has 6 nitrogen and oxygen atoms in total. The number of allylic oxidation sites excluding steroid dienone is 3. The fourth-order valence-corrected chi connectivity index (χ4v) is 2.40. The highest BCUT2D eigenvalue weighted by atomic mass is 16.5. The lowest BCUT2D eigenvalue weighted by Crippen LogP contribution is -2.21. The minimum Gasteiger partial charge on any atom is -0.501 e. The third kappa shape index (κ3) is 8.86. The van der Waals surface area contributed by atoms with Crippen molar-refractivity contribution in [2.75, 3.05) is 27.8 Å². The number of hydrogen-bond donors (Lipinski definition) is 1. The van der Waals surface area contributed by atoms with E-state index in [9.17, 15) is 4.79 Å². The smallest absolute Gasteiger partial charge is 0.212 e. The van der Waals surface area contributed by atoms with Crippen molar-refractivity contribution in [1.29, 1.82) is 0 Å². The quantitative estimate of drug-likeness (QED) is 0.288. The molecule has 0 spiro atoms. The van der Waals surface area contributed by atoms with Gasteiger partial charge < -0.3 is 19.7 Å². The molecule has 0 aromatic rings. The number of nitrogens with zero attached hydrogens (tertiary/aromatic N) is 2. The van der Waals surface area contributed by atoms with Crippen molar-refractivity contribution in [3.05, 3.63) is 47.2 Å². The lowest BCUT2D eigenvalue weighted by molar-refractivity contribution is -0.108. The van der Waals surface area contributed by atoms with E-state index in [2.05, 4.69) is 34.6 Å². The third-order valence-electron chi connectivity index (χ3n) is 4.09. The first-order valence-corrected chi connectivity index (χ1v) is 9.67. The van der Waals surface area contributed by atoms with Crippen LogP contribution in [0, 0.1) is 24.2 Å². The zero-order valence-electron chi connectivity index (χ0n) is 19.1. The van der Waals surface area contributed by atoms with Gasteiger partial charge in [0, 0.05) is 37.4 Å². The van der Waals surface area contributed by atoms with Crippen molar-refractivity contribution in [3.63, 3.8) is 0 Å². The van der Waals surface area contributed by atoms with Crippen LogP contribution in [0.5, 0.6) is 0 Å². The van der Waals surface area contributed by atoms with Crippen LogP contribution < -0.4 is 5.32 Å². The van der Waals surface area contributed by atoms with E-state index in [1.807, 2.05) is 40.0 Å². The van der Waals surface area contributed by atoms with Crippen LogP contribution in [0.2, 0.25) is 0 Å². The molecule has 0 heterocycles. The normalized spacial score (nSPS) is 16.1. The number of methoxy groups -OCH3 is 2. The van der Waals surface area contributed by atoms with Gasteiger partial charge in [-0.25, -0.2) is 4.99 Å². The van der Waals surface area contributed by atoms with Gasteiger partial charge in [0.2, 0.25) is 6.41 Å². The van der Waals surface area contributed by atoms with E-state index in [-0.39, 0.29) is 6.10 Å². The largest absolute Gasteiger partial charge is 0.501 e. The summed E-state index contributed by atoms with van der Waals surface area (Å²) in [6, 6.07) is 0. The van der Waals surface area contributed by atoms with Gasteiger partial charge in [0.25, 0.3) is 0 Å². The molecular formula is C24H33N3O3. The van der Waals surface area contributed by atoms with Crippen LogP contribution in [0.25, 0.3) is 0 Å². The Morgan fingerprint density at radius 1 is 1.43 bits per heavy atom. The Balaban J connectivity index is 0.00000407. The monoisotopic (exact) mass is 411 g/mol. The molecule has 1 aliphatic carbocycles. The van der Waals surface area contributed by atoms with Crippen molar-refractivity contribution < 1.29 is 14.3 Å². The summed E-state index contributed by atoms with van der Waals surface area (Å²) in [4.78, 5) is 17.2. The Hall–Kier alpha value is -3.22. The second-order valence-corrected chi connectivity index (χ2v) is 6.10. The molecule has 0 radical (unpaired) electrons. The van der Waals surface area contributed by atoms with E-state index < -0.39 is 0 Å². The van der Waals surface area contributed by atoms with Gasteiger partial charge in [-0.05, 0) is 31.9 Å². The molecule has 30 heavy (non-hydrogen) atoms. The Labute approximate surface area is 181 Å². The molecule has 0 bridgehead atoms. The number of likely N-dealkylation sites (N-methyl/N-ethyl adjacent to an activating group) is 1. The maximum atomic E-state index is 11.0. The average molecular weight is 412 g/mol. The summed E-state index contributed by atoms with van der Waals surface area (Å²) < 4.78 is 10.7. The number of carbonyl (C=O) groups is 1. The molecule has 1 unspecified atom stereocenters. The summed E-state index contributed by atoms with van der Waals surface area (Å²) in [6.07, 6.45) is 10.3. The topological polar surface area (TPSA) is 63.2 Å². The molecule has 1 N–H and O–H groups in total. The number of amides is 1. The van der Waals surface area contributed by atoms with E-state index in [1.165, 1.54) is 0 Å². The Morgan fingerprint density at radius 3 is 2.63 bits per heavy atom. The Bertz CT molecular complexity index is 830. The van der Waals surface area contributed by atoms with Crippen LogP contribution in [0.15, 0.2) is 52.1 Å². The van der Waals surface area contributed by atoms with Crippen molar-refractivity contribution in [1.82, 2.24) is 10.2 Å². The molecule has 6 heteroatoms. The van der Waals surface area contributed by atoms with Gasteiger partial charge in [-0.2, -0.15) is 0 Å². The number of aliphatic imine (C=N–C) groups is 1. The van der Waals surface area contributed by atoms with Gasteiger partial charge in [-0.1, -0.05) is 32.3 Å². The predicted molar refractivity (Wildman–Crippen MR) is 123 cm³/mol. The summed E-state index contributed by atoms with van der Waals surface area (Å²) in [6.45, 7) is 12.0. The highest BCUT2D eigenvalue weighted by Gasteiger charge is 2.14. The third-order valence-corrected chi connectivity index (χ3v) is 4.09. The van der Waals surface area contributed by atoms with Crippen LogP contribution >= 0.6 is 0 Å². The van der Waals surface area contributed by atoms with Crippen molar-refractivity contribution in [2.24, 2.45) is 4.99 Å². The molecular weight excluding hydrogens is 378 g/mol. The van der Waals surface area contributed by atoms with E-state index in [4.69, 9.17) is 15.9 Å². The highest BCUT2D eigenvalue weighted by molar-refractivity contribution is 5.99. The lowest BCUT2D eigenvalue weighted by atomic mass is 10.0. The zero-order chi connectivity index (χ0) is 23.1. The molecule has 0 aromatic carbocycles. The summed E-state index contributed by atoms with van der Waals surface area (Å²) in [5.41, 5.74) is 2.68. The average Bonchev–Trinajstić information content (AvgIpc) is 2.77. The standard InChI is InChI=1S/C22H27N3O3.C2H6/c1-8-11-25(5)18(4)17(3)22(23-15-26)24-16(2)9-10-19-12-20(27-6)14-21(13-19)28-7;1-2/h1,12-13,15,20H,4,11,14H2,2-3,5-7H3,(H,23,26);1-2H3/b22-17+,24-16+;. The SMILES string of the molecule is C#CCN(C)C(=C)/C(C)=C(/N=C(\C)C#CC1=CC(OC)CC(OC)=C1)NC=O.CC. The van der Waals surface area contributed by atoms with Crippen molar-refractivity contribution in [2.45, 2.75) is 40.2 Å². The van der Waals surface area contributed by atoms with Gasteiger partial charge >= 0.3 is 0 Å². The van der Waals surface area contributed by atoms with Gasteiger partial charge in [0.15, 0.2) is 0 Å². The number of carbonyl (C=O) groups excluding carboxylic acids is 1. The Kier molecular flexibility index (Phi) is 13.2. The molecule has 1 amide bonds. The van der Waals surface area contributed by atoms with Gasteiger partial charge in [-0.3, -0.25) is 4.79 Å². The van der Waals surface area contributed by atoms with Gasteiger partial charge in [0.1, 0.15) is 5.82 Å². The summed E-state index contributed by atoms with van der Waals surface area (Å²) >= 11 is 0. The molecule has 0 saturated carbocycles. The first-order valence-electron chi connectivity index (χ1n) is 9.67.